The molecule has 0 bridgehead atoms. The standard InChI is InChI=1S/C21H19ClN2O3/c1-26-20-9-8-16(22)12-19(20)21(25)24-13-15-5-4-7-18(11-15)27-14-17-6-2-3-10-23-17/h2-12H,13-14H2,1H3,(H,24,25). The quantitative estimate of drug-likeness (QED) is 0.663. The normalized spacial score (nSPS) is 10.3. The Bertz CT molecular complexity index is 916. The molecule has 0 aliphatic carbocycles. The van der Waals surface area contributed by atoms with E-state index in [1.807, 2.05) is 42.5 Å². The van der Waals surface area contributed by atoms with E-state index in [-0.39, 0.29) is 5.91 Å². The molecule has 0 radical (unpaired) electrons. The Morgan fingerprint density at radius 3 is 2.78 bits per heavy atom. The summed E-state index contributed by atoms with van der Waals surface area (Å²) < 4.78 is 11.0. The first-order valence-electron chi connectivity index (χ1n) is 8.39. The minimum absolute atomic E-state index is 0.255. The summed E-state index contributed by atoms with van der Waals surface area (Å²) in [6.45, 7) is 0.742. The Morgan fingerprint density at radius 1 is 1.11 bits per heavy atom. The van der Waals surface area contributed by atoms with Crippen molar-refractivity contribution < 1.29 is 14.3 Å². The van der Waals surface area contributed by atoms with Crippen molar-refractivity contribution >= 4 is 17.5 Å². The number of nitrogens with one attached hydrogen (secondary N) is 1. The maximum Gasteiger partial charge on any atom is 0.255 e. The lowest BCUT2D eigenvalue weighted by molar-refractivity contribution is 0.0948. The topological polar surface area (TPSA) is 60.5 Å². The van der Waals surface area contributed by atoms with Gasteiger partial charge >= 0.3 is 0 Å². The number of carbonyl (C=O) groups is 1. The van der Waals surface area contributed by atoms with Gasteiger partial charge in [0.2, 0.25) is 0 Å². The van der Waals surface area contributed by atoms with Crippen molar-refractivity contribution in [1.82, 2.24) is 10.3 Å². The van der Waals surface area contributed by atoms with E-state index in [1.165, 1.54) is 7.11 Å². The Labute approximate surface area is 162 Å². The first kappa shape index (κ1) is 18.7. The number of benzene rings is 2. The van der Waals surface area contributed by atoms with E-state index in [4.69, 9.17) is 21.1 Å². The highest BCUT2D eigenvalue weighted by molar-refractivity contribution is 6.31. The molecule has 2 aromatic carbocycles. The van der Waals surface area contributed by atoms with Gasteiger partial charge in [0.15, 0.2) is 0 Å². The smallest absolute Gasteiger partial charge is 0.255 e. The highest BCUT2D eigenvalue weighted by Crippen LogP contribution is 2.22. The fraction of sp³-hybridized carbons (Fsp3) is 0.143. The van der Waals surface area contributed by atoms with Crippen molar-refractivity contribution in [2.24, 2.45) is 0 Å². The second kappa shape index (κ2) is 9.05. The molecular weight excluding hydrogens is 364 g/mol. The number of carbonyl (C=O) groups excluding carboxylic acids is 1. The van der Waals surface area contributed by atoms with Gasteiger partial charge in [-0.3, -0.25) is 9.78 Å². The monoisotopic (exact) mass is 382 g/mol. The molecule has 138 valence electrons. The largest absolute Gasteiger partial charge is 0.496 e. The van der Waals surface area contributed by atoms with Crippen LogP contribution in [0.5, 0.6) is 11.5 Å². The summed E-state index contributed by atoms with van der Waals surface area (Å²) in [6.07, 6.45) is 1.73. The summed E-state index contributed by atoms with van der Waals surface area (Å²) in [6, 6.07) is 18.2. The molecule has 0 aliphatic rings. The van der Waals surface area contributed by atoms with E-state index < -0.39 is 0 Å². The van der Waals surface area contributed by atoms with Crippen LogP contribution in [0.15, 0.2) is 66.9 Å². The van der Waals surface area contributed by atoms with Crippen molar-refractivity contribution in [2.45, 2.75) is 13.2 Å². The van der Waals surface area contributed by atoms with Gasteiger partial charge < -0.3 is 14.8 Å². The van der Waals surface area contributed by atoms with E-state index in [9.17, 15) is 4.79 Å². The van der Waals surface area contributed by atoms with Crippen molar-refractivity contribution in [2.75, 3.05) is 7.11 Å². The maximum absolute atomic E-state index is 12.5. The number of aromatic nitrogens is 1. The van der Waals surface area contributed by atoms with Gasteiger partial charge in [-0.25, -0.2) is 0 Å². The molecular formula is C21H19ClN2O3. The van der Waals surface area contributed by atoms with Crippen LogP contribution in [0.4, 0.5) is 0 Å². The van der Waals surface area contributed by atoms with Gasteiger partial charge in [-0.2, -0.15) is 0 Å². The Kier molecular flexibility index (Phi) is 6.28. The molecule has 0 unspecified atom stereocenters. The fourth-order valence-corrected chi connectivity index (χ4v) is 2.69. The van der Waals surface area contributed by atoms with E-state index >= 15 is 0 Å². The molecule has 0 aliphatic heterocycles. The molecule has 6 heteroatoms. The zero-order chi connectivity index (χ0) is 19.1. The molecule has 0 saturated carbocycles. The van der Waals surface area contributed by atoms with Crippen LogP contribution in [0, 0.1) is 0 Å². The molecule has 0 fully saturated rings. The highest BCUT2D eigenvalue weighted by Gasteiger charge is 2.12. The number of nitrogens with zero attached hydrogens (tertiary/aromatic N) is 1. The molecule has 1 aromatic heterocycles. The van der Waals surface area contributed by atoms with Gasteiger partial charge in [0.05, 0.1) is 18.4 Å². The molecule has 3 rings (SSSR count). The number of pyridine rings is 1. The number of halogens is 1. The first-order chi connectivity index (χ1) is 13.2. The molecule has 0 atom stereocenters. The number of methoxy groups -OCH3 is 1. The molecule has 3 aromatic rings. The first-order valence-corrected chi connectivity index (χ1v) is 8.77. The third-order valence-corrected chi connectivity index (χ3v) is 4.11. The van der Waals surface area contributed by atoms with Crippen LogP contribution in [0.2, 0.25) is 5.02 Å². The minimum Gasteiger partial charge on any atom is -0.496 e. The van der Waals surface area contributed by atoms with Crippen LogP contribution in [0.1, 0.15) is 21.6 Å². The van der Waals surface area contributed by atoms with Crippen LogP contribution in [0.3, 0.4) is 0 Å². The Balaban J connectivity index is 1.61. The maximum atomic E-state index is 12.5. The summed E-state index contributed by atoms with van der Waals surface area (Å²) in [5.74, 6) is 0.936. The highest BCUT2D eigenvalue weighted by atomic mass is 35.5. The second-order valence-electron chi connectivity index (χ2n) is 5.78. The zero-order valence-corrected chi connectivity index (χ0v) is 15.6. The lowest BCUT2D eigenvalue weighted by Crippen LogP contribution is -2.23. The Morgan fingerprint density at radius 2 is 2.00 bits per heavy atom. The van der Waals surface area contributed by atoms with E-state index in [0.717, 1.165) is 11.3 Å². The van der Waals surface area contributed by atoms with Gasteiger partial charge in [-0.05, 0) is 48.0 Å². The number of hydrogen-bond donors (Lipinski definition) is 1. The molecule has 1 amide bonds. The molecule has 27 heavy (non-hydrogen) atoms. The van der Waals surface area contributed by atoms with Gasteiger partial charge in [0.25, 0.3) is 5.91 Å². The third-order valence-electron chi connectivity index (χ3n) is 3.87. The van der Waals surface area contributed by atoms with Crippen molar-refractivity contribution in [3.63, 3.8) is 0 Å². The lowest BCUT2D eigenvalue weighted by Gasteiger charge is -2.11. The lowest BCUT2D eigenvalue weighted by atomic mass is 10.1. The average molecular weight is 383 g/mol. The predicted octanol–water partition coefficient (Wildman–Crippen LogP) is 4.25. The third kappa shape index (κ3) is 5.21. The van der Waals surface area contributed by atoms with Crippen LogP contribution < -0.4 is 14.8 Å². The second-order valence-corrected chi connectivity index (χ2v) is 6.22. The van der Waals surface area contributed by atoms with E-state index in [1.54, 1.807) is 24.4 Å². The predicted molar refractivity (Wildman–Crippen MR) is 104 cm³/mol. The van der Waals surface area contributed by atoms with Crippen LogP contribution in [0.25, 0.3) is 0 Å². The fourth-order valence-electron chi connectivity index (χ4n) is 2.52. The van der Waals surface area contributed by atoms with Gasteiger partial charge in [0.1, 0.15) is 18.1 Å². The molecule has 0 saturated heterocycles. The van der Waals surface area contributed by atoms with Crippen molar-refractivity contribution in [3.05, 3.63) is 88.7 Å². The van der Waals surface area contributed by atoms with Gasteiger partial charge in [0, 0.05) is 17.8 Å². The minimum atomic E-state index is -0.255. The summed E-state index contributed by atoms with van der Waals surface area (Å²) in [5, 5.41) is 3.35. The van der Waals surface area contributed by atoms with Crippen LogP contribution in [-0.2, 0) is 13.2 Å². The zero-order valence-electron chi connectivity index (χ0n) is 14.8. The van der Waals surface area contributed by atoms with E-state index in [2.05, 4.69) is 10.3 Å². The molecule has 5 nitrogen and oxygen atoms in total. The molecule has 1 heterocycles. The summed E-state index contributed by atoms with van der Waals surface area (Å²) >= 11 is 5.98. The average Bonchev–Trinajstić information content (AvgIpc) is 2.71. The van der Waals surface area contributed by atoms with Gasteiger partial charge in [-0.1, -0.05) is 29.8 Å². The number of rotatable bonds is 7. The number of ether oxygens (including phenoxy) is 2. The SMILES string of the molecule is COc1ccc(Cl)cc1C(=O)NCc1cccc(OCc2ccccn2)c1. The van der Waals surface area contributed by atoms with Crippen molar-refractivity contribution in [3.8, 4) is 11.5 Å². The van der Waals surface area contributed by atoms with Gasteiger partial charge in [-0.15, -0.1) is 0 Å². The van der Waals surface area contributed by atoms with Crippen LogP contribution >= 0.6 is 11.6 Å². The van der Waals surface area contributed by atoms with Crippen LogP contribution in [-0.4, -0.2) is 18.0 Å². The number of amides is 1. The molecule has 0 spiro atoms. The summed E-state index contributed by atoms with van der Waals surface area (Å²) in [4.78, 5) is 16.7. The molecule has 1 N–H and O–H groups in total. The summed E-state index contributed by atoms with van der Waals surface area (Å²) in [7, 11) is 1.52. The van der Waals surface area contributed by atoms with E-state index in [0.29, 0.717) is 35.2 Å². The Hall–Kier alpha value is -3.05. The van der Waals surface area contributed by atoms with Crippen molar-refractivity contribution in [1.29, 1.82) is 0 Å². The summed E-state index contributed by atoms with van der Waals surface area (Å²) in [5.41, 5.74) is 2.17. The number of hydrogen-bond acceptors (Lipinski definition) is 4.